The summed E-state index contributed by atoms with van der Waals surface area (Å²) in [4.78, 5) is 4.42. The lowest BCUT2D eigenvalue weighted by molar-refractivity contribution is -0.0545. The van der Waals surface area contributed by atoms with E-state index >= 15 is 0 Å². The minimum absolute atomic E-state index is 0.00292. The van der Waals surface area contributed by atoms with Gasteiger partial charge in [0.1, 0.15) is 5.82 Å². The van der Waals surface area contributed by atoms with E-state index in [1.807, 2.05) is 20.0 Å². The van der Waals surface area contributed by atoms with Gasteiger partial charge in [-0.25, -0.2) is 9.37 Å². The molecule has 8 heteroatoms. The van der Waals surface area contributed by atoms with Crippen LogP contribution in [0.3, 0.4) is 0 Å². The molecule has 1 aliphatic rings. The second kappa shape index (κ2) is 8.68. The Kier molecular flexibility index (Phi) is 6.31. The van der Waals surface area contributed by atoms with Gasteiger partial charge in [0.2, 0.25) is 0 Å². The number of ether oxygens (including phenoxy) is 2. The summed E-state index contributed by atoms with van der Waals surface area (Å²) >= 11 is 0. The lowest BCUT2D eigenvalue weighted by Gasteiger charge is -2.19. The normalized spacial score (nSPS) is 16.5. The van der Waals surface area contributed by atoms with Gasteiger partial charge in [-0.1, -0.05) is 13.8 Å². The zero-order valence-electron chi connectivity index (χ0n) is 15.1. The zero-order valence-corrected chi connectivity index (χ0v) is 15.1. The quantitative estimate of drug-likeness (QED) is 0.740. The fourth-order valence-corrected chi connectivity index (χ4v) is 2.77. The molecule has 142 valence electrons. The van der Waals surface area contributed by atoms with E-state index < -0.39 is 0 Å². The Morgan fingerprint density at radius 2 is 2.12 bits per heavy atom. The molecule has 3 heterocycles. The van der Waals surface area contributed by atoms with Crippen molar-refractivity contribution in [1.82, 2.24) is 20.1 Å². The number of hydrogen-bond acceptors (Lipinski definition) is 6. The molecule has 2 aromatic rings. The molecule has 0 unspecified atom stereocenters. The van der Waals surface area contributed by atoms with Crippen LogP contribution in [0.25, 0.3) is 11.3 Å². The van der Waals surface area contributed by atoms with Crippen molar-refractivity contribution in [3.05, 3.63) is 36.0 Å². The first-order chi connectivity index (χ1) is 12.6. The zero-order chi connectivity index (χ0) is 18.5. The fourth-order valence-electron chi connectivity index (χ4n) is 2.77. The van der Waals surface area contributed by atoms with Gasteiger partial charge in [-0.05, 0) is 18.1 Å². The maximum Gasteiger partial charge on any atom is 0.177 e. The van der Waals surface area contributed by atoms with Crippen LogP contribution in [0.4, 0.5) is 4.39 Å². The second-order valence-corrected chi connectivity index (χ2v) is 6.66. The highest BCUT2D eigenvalue weighted by Gasteiger charge is 2.18. The monoisotopic (exact) mass is 364 g/mol. The molecule has 0 aromatic carbocycles. The number of nitrogens with zero attached hydrogens (tertiary/aromatic N) is 3. The van der Waals surface area contributed by atoms with Crippen LogP contribution in [0.15, 0.2) is 24.5 Å². The van der Waals surface area contributed by atoms with E-state index in [0.29, 0.717) is 31.1 Å². The number of pyridine rings is 1. The Balaban J connectivity index is 1.69. The van der Waals surface area contributed by atoms with E-state index in [4.69, 9.17) is 9.47 Å². The molecule has 1 fully saturated rings. The van der Waals surface area contributed by atoms with Gasteiger partial charge in [0.25, 0.3) is 0 Å². The molecular formula is C18H25FN4O3. The Labute approximate surface area is 152 Å². The summed E-state index contributed by atoms with van der Waals surface area (Å²) in [6, 6.07) is 2.94. The molecule has 1 atom stereocenters. The summed E-state index contributed by atoms with van der Waals surface area (Å²) in [5.74, 6) is -0.133. The maximum atomic E-state index is 14.1. The smallest absolute Gasteiger partial charge is 0.177 e. The molecule has 3 rings (SSSR count). The Morgan fingerprint density at radius 1 is 1.35 bits per heavy atom. The predicted octanol–water partition coefficient (Wildman–Crippen LogP) is 1.56. The molecule has 26 heavy (non-hydrogen) atoms. The van der Waals surface area contributed by atoms with Crippen molar-refractivity contribution in [2.45, 2.75) is 39.3 Å². The molecule has 2 aromatic heterocycles. The fraction of sp³-hybridized carbons (Fsp3) is 0.556. The van der Waals surface area contributed by atoms with Gasteiger partial charge < -0.3 is 19.9 Å². The lowest BCUT2D eigenvalue weighted by Crippen LogP contribution is -2.36. The summed E-state index contributed by atoms with van der Waals surface area (Å²) in [7, 11) is 0. The number of nitrogens with one attached hydrogen (secondary N) is 1. The van der Waals surface area contributed by atoms with Crippen molar-refractivity contribution in [3.63, 3.8) is 0 Å². The van der Waals surface area contributed by atoms with Crippen LogP contribution in [0, 0.1) is 11.7 Å². The number of aromatic nitrogens is 3. The molecule has 1 aliphatic heterocycles. The summed E-state index contributed by atoms with van der Waals surface area (Å²) < 4.78 is 26.7. The summed E-state index contributed by atoms with van der Waals surface area (Å²) in [5.41, 5.74) is 1.76. The molecule has 2 N–H and O–H groups in total. The molecular weight excluding hydrogens is 339 g/mol. The maximum absolute atomic E-state index is 14.1. The second-order valence-electron chi connectivity index (χ2n) is 6.66. The molecule has 0 saturated carbocycles. The Morgan fingerprint density at radius 3 is 2.81 bits per heavy atom. The van der Waals surface area contributed by atoms with Crippen LogP contribution in [-0.2, 0) is 22.6 Å². The standard InChI is InChI=1S/C18H25FN4O3/c1-12(2)17(11-24)20-8-16-14(19)3-4-15(22-16)13-7-21-23(9-13)10-18-25-5-6-26-18/h3-4,7,9,12,17-18,20,24H,5-6,8,10-11H2,1-2H3/t17-/m0/s1. The first kappa shape index (κ1) is 18.9. The summed E-state index contributed by atoms with van der Waals surface area (Å²) in [6.07, 6.45) is 3.25. The lowest BCUT2D eigenvalue weighted by atomic mass is 10.1. The van der Waals surface area contributed by atoms with Crippen molar-refractivity contribution in [2.24, 2.45) is 5.92 Å². The summed E-state index contributed by atoms with van der Waals surface area (Å²) in [6.45, 7) is 5.94. The van der Waals surface area contributed by atoms with Gasteiger partial charge in [0.05, 0.1) is 44.0 Å². The number of hydrogen-bond donors (Lipinski definition) is 2. The first-order valence-corrected chi connectivity index (χ1v) is 8.82. The SMILES string of the molecule is CC(C)[C@H](CO)NCc1nc(-c2cnn(CC3OCCO3)c2)ccc1F. The van der Waals surface area contributed by atoms with Gasteiger partial charge in [0, 0.05) is 24.3 Å². The molecule has 1 saturated heterocycles. The first-order valence-electron chi connectivity index (χ1n) is 8.82. The largest absolute Gasteiger partial charge is 0.395 e. The highest BCUT2D eigenvalue weighted by atomic mass is 19.1. The Bertz CT molecular complexity index is 716. The van der Waals surface area contributed by atoms with Crippen LogP contribution in [0.1, 0.15) is 19.5 Å². The third-order valence-corrected chi connectivity index (χ3v) is 4.41. The van der Waals surface area contributed by atoms with Crippen molar-refractivity contribution in [2.75, 3.05) is 19.8 Å². The van der Waals surface area contributed by atoms with Crippen LogP contribution in [-0.4, -0.2) is 52.0 Å². The van der Waals surface area contributed by atoms with Gasteiger partial charge in [-0.15, -0.1) is 0 Å². The molecule has 0 bridgehead atoms. The van der Waals surface area contributed by atoms with Gasteiger partial charge in [-0.3, -0.25) is 4.68 Å². The number of aliphatic hydroxyl groups is 1. The van der Waals surface area contributed by atoms with Crippen LogP contribution < -0.4 is 5.32 Å². The highest BCUT2D eigenvalue weighted by Crippen LogP contribution is 2.19. The van der Waals surface area contributed by atoms with Crippen molar-refractivity contribution >= 4 is 0 Å². The number of aliphatic hydroxyl groups excluding tert-OH is 1. The molecule has 0 aliphatic carbocycles. The third-order valence-electron chi connectivity index (χ3n) is 4.41. The molecule has 0 radical (unpaired) electrons. The van der Waals surface area contributed by atoms with Crippen molar-refractivity contribution < 1.29 is 19.0 Å². The molecule has 7 nitrogen and oxygen atoms in total. The van der Waals surface area contributed by atoms with Crippen LogP contribution >= 0.6 is 0 Å². The average molecular weight is 364 g/mol. The van der Waals surface area contributed by atoms with Gasteiger partial charge in [-0.2, -0.15) is 5.10 Å². The average Bonchev–Trinajstić information content (AvgIpc) is 3.29. The van der Waals surface area contributed by atoms with E-state index in [1.54, 1.807) is 16.9 Å². The van der Waals surface area contributed by atoms with E-state index in [1.165, 1.54) is 6.07 Å². The van der Waals surface area contributed by atoms with Crippen molar-refractivity contribution in [1.29, 1.82) is 0 Å². The Hall–Kier alpha value is -1.87. The highest BCUT2D eigenvalue weighted by molar-refractivity contribution is 5.57. The van der Waals surface area contributed by atoms with Gasteiger partial charge in [0.15, 0.2) is 6.29 Å². The van der Waals surface area contributed by atoms with Crippen LogP contribution in [0.2, 0.25) is 0 Å². The number of rotatable bonds is 8. The van der Waals surface area contributed by atoms with E-state index in [-0.39, 0.29) is 37.2 Å². The van der Waals surface area contributed by atoms with E-state index in [2.05, 4.69) is 15.4 Å². The number of halogens is 1. The minimum Gasteiger partial charge on any atom is -0.395 e. The third kappa shape index (κ3) is 4.64. The minimum atomic E-state index is -0.373. The topological polar surface area (TPSA) is 81.4 Å². The van der Waals surface area contributed by atoms with Crippen molar-refractivity contribution in [3.8, 4) is 11.3 Å². The van der Waals surface area contributed by atoms with E-state index in [9.17, 15) is 9.50 Å². The predicted molar refractivity (Wildman–Crippen MR) is 93.7 cm³/mol. The summed E-state index contributed by atoms with van der Waals surface area (Å²) in [5, 5.41) is 16.8. The molecule has 0 spiro atoms. The van der Waals surface area contributed by atoms with E-state index in [0.717, 1.165) is 5.56 Å². The molecule has 0 amide bonds. The van der Waals surface area contributed by atoms with Crippen LogP contribution in [0.5, 0.6) is 0 Å². The van der Waals surface area contributed by atoms with Gasteiger partial charge >= 0.3 is 0 Å².